The molecular weight excluding hydrogens is 262 g/mol. The van der Waals surface area contributed by atoms with Crippen LogP contribution in [-0.2, 0) is 6.42 Å². The first kappa shape index (κ1) is 14.7. The van der Waals surface area contributed by atoms with Crippen LogP contribution < -0.4 is 4.90 Å². The first-order valence-corrected chi connectivity index (χ1v) is 8.24. The van der Waals surface area contributed by atoms with Crippen molar-refractivity contribution in [3.8, 4) is 0 Å². The number of anilines is 1. The topological polar surface area (TPSA) is 35.5 Å². The Labute approximate surface area is 128 Å². The van der Waals surface area contributed by atoms with Crippen LogP contribution in [0.4, 0.5) is 5.95 Å². The van der Waals surface area contributed by atoms with Crippen molar-refractivity contribution in [2.75, 3.05) is 51.2 Å². The van der Waals surface area contributed by atoms with Gasteiger partial charge in [0.05, 0.1) is 0 Å². The largest absolute Gasteiger partial charge is 0.339 e. The van der Waals surface area contributed by atoms with Gasteiger partial charge in [-0.25, -0.2) is 9.97 Å². The number of aromatic nitrogens is 2. The van der Waals surface area contributed by atoms with Crippen LogP contribution in [0, 0.1) is 0 Å². The first-order valence-electron chi connectivity index (χ1n) is 8.24. The van der Waals surface area contributed by atoms with Gasteiger partial charge in [0, 0.05) is 57.7 Å². The molecule has 5 heteroatoms. The predicted octanol–water partition coefficient (Wildman–Crippen LogP) is 1.26. The van der Waals surface area contributed by atoms with Gasteiger partial charge in [0.15, 0.2) is 0 Å². The molecule has 2 fully saturated rings. The summed E-state index contributed by atoms with van der Waals surface area (Å²) in [5.74, 6) is 0.909. The second-order valence-corrected chi connectivity index (χ2v) is 6.37. The lowest BCUT2D eigenvalue weighted by Gasteiger charge is -2.36. The smallest absolute Gasteiger partial charge is 0.225 e. The van der Waals surface area contributed by atoms with Gasteiger partial charge in [-0.2, -0.15) is 0 Å². The molecule has 3 rings (SSSR count). The Morgan fingerprint density at radius 2 is 1.81 bits per heavy atom. The average Bonchev–Trinajstić information content (AvgIpc) is 2.99. The van der Waals surface area contributed by atoms with Crippen LogP contribution in [0.5, 0.6) is 0 Å². The van der Waals surface area contributed by atoms with E-state index < -0.39 is 0 Å². The number of rotatable bonds is 4. The van der Waals surface area contributed by atoms with Crippen LogP contribution in [0.3, 0.4) is 0 Å². The van der Waals surface area contributed by atoms with E-state index in [0.29, 0.717) is 6.04 Å². The molecule has 0 amide bonds. The van der Waals surface area contributed by atoms with E-state index in [0.717, 1.165) is 31.9 Å². The number of nitrogens with zero attached hydrogens (tertiary/aromatic N) is 5. The molecular formula is C16H27N5. The Bertz CT molecular complexity index is 438. The van der Waals surface area contributed by atoms with E-state index >= 15 is 0 Å². The zero-order chi connectivity index (χ0) is 14.7. The van der Waals surface area contributed by atoms with Crippen molar-refractivity contribution in [2.24, 2.45) is 0 Å². The normalized spacial score (nSPS) is 24.7. The molecule has 1 aromatic rings. The summed E-state index contributed by atoms with van der Waals surface area (Å²) in [6, 6.07) is 0.678. The highest BCUT2D eigenvalue weighted by atomic mass is 15.3. The van der Waals surface area contributed by atoms with Crippen molar-refractivity contribution in [1.29, 1.82) is 0 Å². The van der Waals surface area contributed by atoms with Crippen LogP contribution in [-0.4, -0.2) is 72.1 Å². The lowest BCUT2D eigenvalue weighted by atomic mass is 10.2. The Morgan fingerprint density at radius 3 is 2.48 bits per heavy atom. The van der Waals surface area contributed by atoms with E-state index in [4.69, 9.17) is 0 Å². The van der Waals surface area contributed by atoms with E-state index in [1.54, 1.807) is 0 Å². The van der Waals surface area contributed by atoms with Gasteiger partial charge in [-0.3, -0.25) is 4.90 Å². The fraction of sp³-hybridized carbons (Fsp3) is 0.750. The van der Waals surface area contributed by atoms with Crippen LogP contribution in [0.1, 0.15) is 25.3 Å². The molecule has 0 radical (unpaired) electrons. The SMILES string of the molecule is CCCc1cnc(N2CCC(N3CCN(C)CC3)C2)nc1. The van der Waals surface area contributed by atoms with Gasteiger partial charge in [-0.05, 0) is 25.5 Å². The summed E-state index contributed by atoms with van der Waals surface area (Å²) in [6.45, 7) is 9.14. The molecule has 116 valence electrons. The molecule has 0 N–H and O–H groups in total. The summed E-state index contributed by atoms with van der Waals surface area (Å²) in [7, 11) is 2.21. The fourth-order valence-corrected chi connectivity index (χ4v) is 3.34. The van der Waals surface area contributed by atoms with Crippen molar-refractivity contribution in [2.45, 2.75) is 32.2 Å². The summed E-state index contributed by atoms with van der Waals surface area (Å²) in [5.41, 5.74) is 1.25. The van der Waals surface area contributed by atoms with Gasteiger partial charge in [0.1, 0.15) is 0 Å². The maximum atomic E-state index is 4.56. The molecule has 2 saturated heterocycles. The molecule has 0 saturated carbocycles. The van der Waals surface area contributed by atoms with Crippen molar-refractivity contribution in [1.82, 2.24) is 19.8 Å². The Morgan fingerprint density at radius 1 is 1.10 bits per heavy atom. The molecule has 0 bridgehead atoms. The Kier molecular flexibility index (Phi) is 4.70. The van der Waals surface area contributed by atoms with Crippen molar-refractivity contribution < 1.29 is 0 Å². The van der Waals surface area contributed by atoms with Crippen LogP contribution in [0.15, 0.2) is 12.4 Å². The third kappa shape index (κ3) is 3.52. The standard InChI is InChI=1S/C16H27N5/c1-3-4-14-11-17-16(18-12-14)21-6-5-15(13-21)20-9-7-19(2)8-10-20/h11-12,15H,3-10,13H2,1-2H3. The third-order valence-corrected chi connectivity index (χ3v) is 4.73. The molecule has 0 aromatic carbocycles. The number of aryl methyl sites for hydroxylation is 1. The highest BCUT2D eigenvalue weighted by Crippen LogP contribution is 2.21. The summed E-state index contributed by atoms with van der Waals surface area (Å²) in [6.07, 6.45) is 7.45. The summed E-state index contributed by atoms with van der Waals surface area (Å²) < 4.78 is 0. The second-order valence-electron chi connectivity index (χ2n) is 6.37. The van der Waals surface area contributed by atoms with Crippen molar-refractivity contribution >= 4 is 5.95 Å². The molecule has 3 heterocycles. The van der Waals surface area contributed by atoms with Gasteiger partial charge >= 0.3 is 0 Å². The van der Waals surface area contributed by atoms with E-state index in [-0.39, 0.29) is 0 Å². The monoisotopic (exact) mass is 289 g/mol. The summed E-state index contributed by atoms with van der Waals surface area (Å²) in [5, 5.41) is 0. The number of piperazine rings is 1. The zero-order valence-electron chi connectivity index (χ0n) is 13.3. The van der Waals surface area contributed by atoms with E-state index in [9.17, 15) is 0 Å². The van der Waals surface area contributed by atoms with Crippen LogP contribution >= 0.6 is 0 Å². The lowest BCUT2D eigenvalue weighted by Crippen LogP contribution is -2.49. The van der Waals surface area contributed by atoms with Gasteiger partial charge in [-0.1, -0.05) is 13.3 Å². The molecule has 1 atom stereocenters. The molecule has 1 aromatic heterocycles. The predicted molar refractivity (Wildman–Crippen MR) is 85.7 cm³/mol. The van der Waals surface area contributed by atoms with Gasteiger partial charge in [-0.15, -0.1) is 0 Å². The molecule has 1 unspecified atom stereocenters. The summed E-state index contributed by atoms with van der Waals surface area (Å²) >= 11 is 0. The molecule has 5 nitrogen and oxygen atoms in total. The lowest BCUT2D eigenvalue weighted by molar-refractivity contribution is 0.120. The van der Waals surface area contributed by atoms with Gasteiger partial charge in [0.2, 0.25) is 5.95 Å². The minimum absolute atomic E-state index is 0.678. The van der Waals surface area contributed by atoms with Crippen LogP contribution in [0.2, 0.25) is 0 Å². The van der Waals surface area contributed by atoms with Crippen molar-refractivity contribution in [3.63, 3.8) is 0 Å². The first-order chi connectivity index (χ1) is 10.3. The fourth-order valence-electron chi connectivity index (χ4n) is 3.34. The van der Waals surface area contributed by atoms with Gasteiger partial charge < -0.3 is 9.80 Å². The Hall–Kier alpha value is -1.20. The number of hydrogen-bond donors (Lipinski definition) is 0. The molecule has 0 aliphatic carbocycles. The van der Waals surface area contributed by atoms with Crippen LogP contribution in [0.25, 0.3) is 0 Å². The maximum Gasteiger partial charge on any atom is 0.225 e. The third-order valence-electron chi connectivity index (χ3n) is 4.73. The van der Waals surface area contributed by atoms with E-state index in [1.807, 2.05) is 12.4 Å². The number of likely N-dealkylation sites (N-methyl/N-ethyl adjacent to an activating group) is 1. The summed E-state index contributed by atoms with van der Waals surface area (Å²) in [4.78, 5) is 16.5. The Balaban J connectivity index is 1.56. The van der Waals surface area contributed by atoms with Crippen molar-refractivity contribution in [3.05, 3.63) is 18.0 Å². The maximum absolute atomic E-state index is 4.56. The number of hydrogen-bond acceptors (Lipinski definition) is 5. The molecule has 0 spiro atoms. The molecule has 2 aliphatic rings. The van der Waals surface area contributed by atoms with Gasteiger partial charge in [0.25, 0.3) is 0 Å². The van der Waals surface area contributed by atoms with E-state index in [1.165, 1.54) is 38.2 Å². The quantitative estimate of drug-likeness (QED) is 0.834. The average molecular weight is 289 g/mol. The minimum atomic E-state index is 0.678. The zero-order valence-corrected chi connectivity index (χ0v) is 13.3. The molecule has 2 aliphatic heterocycles. The van der Waals surface area contributed by atoms with E-state index in [2.05, 4.69) is 38.6 Å². The highest BCUT2D eigenvalue weighted by molar-refractivity contribution is 5.32. The molecule has 21 heavy (non-hydrogen) atoms. The minimum Gasteiger partial charge on any atom is -0.339 e. The second kappa shape index (κ2) is 6.71. The highest BCUT2D eigenvalue weighted by Gasteiger charge is 2.30.